The van der Waals surface area contributed by atoms with Gasteiger partial charge in [0.15, 0.2) is 23.0 Å². The van der Waals surface area contributed by atoms with Crippen molar-refractivity contribution in [1.82, 2.24) is 4.90 Å². The normalized spacial score (nSPS) is 21.2. The molecule has 0 bridgehead atoms. The zero-order valence-electron chi connectivity index (χ0n) is 16.4. The number of amides is 1. The van der Waals surface area contributed by atoms with Crippen LogP contribution in [-0.2, 0) is 6.42 Å². The largest absolute Gasteiger partial charge is 0.493 e. The van der Waals surface area contributed by atoms with Crippen molar-refractivity contribution in [3.05, 3.63) is 40.5 Å². The lowest BCUT2D eigenvalue weighted by atomic mass is 9.80. The number of hydrogen-bond donors (Lipinski definition) is 1. The minimum Gasteiger partial charge on any atom is -0.493 e. The second kappa shape index (κ2) is 6.45. The number of hydrogen-bond acceptors (Lipinski definition) is 7. The van der Waals surface area contributed by atoms with E-state index in [-0.39, 0.29) is 12.7 Å². The highest BCUT2D eigenvalue weighted by atomic mass is 16.7. The standard InChI is InChI=1S/C21H21NO7/c1-25-12-5-4-11-15(18(12)27-3)21(24)22-7-6-10-8-13(26-2)19-20(29-9-28-19)14(10)16(22)17(11)23/h4-5,8,16-17,23H,6-7,9H2,1-3H3. The maximum atomic E-state index is 13.5. The van der Waals surface area contributed by atoms with Gasteiger partial charge in [-0.25, -0.2) is 0 Å². The number of carbonyl (C=O) groups excluding carboxylic acids is 1. The van der Waals surface area contributed by atoms with Gasteiger partial charge in [-0.3, -0.25) is 4.79 Å². The molecule has 29 heavy (non-hydrogen) atoms. The number of nitrogens with zero attached hydrogens (tertiary/aromatic N) is 1. The van der Waals surface area contributed by atoms with Crippen LogP contribution in [0, 0.1) is 0 Å². The predicted molar refractivity (Wildman–Crippen MR) is 101 cm³/mol. The Hall–Kier alpha value is -3.13. The van der Waals surface area contributed by atoms with E-state index in [9.17, 15) is 9.90 Å². The predicted octanol–water partition coefficient (Wildman–Crippen LogP) is 2.23. The number of fused-ring (bicyclic) bond motifs is 6. The zero-order chi connectivity index (χ0) is 20.3. The summed E-state index contributed by atoms with van der Waals surface area (Å²) >= 11 is 0. The van der Waals surface area contributed by atoms with E-state index in [4.69, 9.17) is 23.7 Å². The number of aliphatic hydroxyl groups is 1. The fraction of sp³-hybridized carbons (Fsp3) is 0.381. The van der Waals surface area contributed by atoms with Crippen LogP contribution in [-0.4, -0.2) is 50.6 Å². The number of benzene rings is 2. The molecule has 0 saturated heterocycles. The summed E-state index contributed by atoms with van der Waals surface area (Å²) in [6.07, 6.45) is -0.345. The SMILES string of the molecule is COc1cc2c(c3c1OCO3)C1C(O)c3ccc(OC)c(OC)c3C(=O)N1CC2. The molecular formula is C21H21NO7. The van der Waals surface area contributed by atoms with E-state index in [1.54, 1.807) is 24.1 Å². The summed E-state index contributed by atoms with van der Waals surface area (Å²) in [7, 11) is 4.58. The Kier molecular flexibility index (Phi) is 3.99. The number of methoxy groups -OCH3 is 3. The second-order valence-corrected chi connectivity index (χ2v) is 7.12. The summed E-state index contributed by atoms with van der Waals surface area (Å²) in [5, 5.41) is 11.3. The molecule has 8 nitrogen and oxygen atoms in total. The van der Waals surface area contributed by atoms with Gasteiger partial charge in [-0.05, 0) is 29.7 Å². The van der Waals surface area contributed by atoms with Gasteiger partial charge in [0.25, 0.3) is 5.91 Å². The molecule has 2 atom stereocenters. The number of ether oxygens (including phenoxy) is 5. The van der Waals surface area contributed by atoms with Crippen LogP contribution in [0.25, 0.3) is 0 Å². The molecule has 2 aromatic carbocycles. The molecule has 2 unspecified atom stereocenters. The fourth-order valence-corrected chi connectivity index (χ4v) is 4.61. The lowest BCUT2D eigenvalue weighted by Gasteiger charge is -2.44. The van der Waals surface area contributed by atoms with E-state index >= 15 is 0 Å². The van der Waals surface area contributed by atoms with E-state index in [0.29, 0.717) is 52.8 Å². The quantitative estimate of drug-likeness (QED) is 0.847. The first-order valence-corrected chi connectivity index (χ1v) is 9.34. The first-order valence-electron chi connectivity index (χ1n) is 9.34. The van der Waals surface area contributed by atoms with Gasteiger partial charge in [-0.1, -0.05) is 6.07 Å². The van der Waals surface area contributed by atoms with Gasteiger partial charge >= 0.3 is 0 Å². The van der Waals surface area contributed by atoms with Crippen LogP contribution in [0.4, 0.5) is 0 Å². The van der Waals surface area contributed by atoms with Crippen LogP contribution >= 0.6 is 0 Å². The van der Waals surface area contributed by atoms with Crippen LogP contribution in [0.1, 0.15) is 39.2 Å². The Morgan fingerprint density at radius 2 is 1.83 bits per heavy atom. The summed E-state index contributed by atoms with van der Waals surface area (Å²) < 4.78 is 27.6. The van der Waals surface area contributed by atoms with Gasteiger partial charge in [-0.15, -0.1) is 0 Å². The molecule has 0 radical (unpaired) electrons. The third-order valence-electron chi connectivity index (χ3n) is 5.88. The van der Waals surface area contributed by atoms with Crippen molar-refractivity contribution in [2.75, 3.05) is 34.7 Å². The number of aliphatic hydroxyl groups excluding tert-OH is 1. The van der Waals surface area contributed by atoms with Crippen molar-refractivity contribution < 1.29 is 33.6 Å². The number of rotatable bonds is 3. The van der Waals surface area contributed by atoms with Crippen LogP contribution in [0.2, 0.25) is 0 Å². The molecule has 3 heterocycles. The van der Waals surface area contributed by atoms with Crippen molar-refractivity contribution >= 4 is 5.91 Å². The van der Waals surface area contributed by atoms with E-state index in [1.807, 2.05) is 6.07 Å². The van der Waals surface area contributed by atoms with Gasteiger partial charge in [0, 0.05) is 12.1 Å². The Morgan fingerprint density at radius 1 is 1.07 bits per heavy atom. The molecule has 3 aliphatic heterocycles. The molecule has 0 aromatic heterocycles. The Bertz CT molecular complexity index is 1020. The molecule has 0 aliphatic carbocycles. The van der Waals surface area contributed by atoms with Crippen molar-refractivity contribution in [2.45, 2.75) is 18.6 Å². The highest BCUT2D eigenvalue weighted by Gasteiger charge is 2.47. The van der Waals surface area contributed by atoms with Gasteiger partial charge in [0.1, 0.15) is 6.10 Å². The monoisotopic (exact) mass is 399 g/mol. The van der Waals surface area contributed by atoms with Crippen molar-refractivity contribution in [3.63, 3.8) is 0 Å². The molecule has 1 amide bonds. The summed E-state index contributed by atoms with van der Waals surface area (Å²) in [5.74, 6) is 2.20. The fourth-order valence-electron chi connectivity index (χ4n) is 4.61. The maximum Gasteiger partial charge on any atom is 0.258 e. The molecule has 8 heteroatoms. The minimum atomic E-state index is -0.955. The van der Waals surface area contributed by atoms with Crippen molar-refractivity contribution in [1.29, 1.82) is 0 Å². The van der Waals surface area contributed by atoms with Gasteiger partial charge in [0.2, 0.25) is 12.5 Å². The minimum absolute atomic E-state index is 0.0700. The first-order chi connectivity index (χ1) is 14.1. The summed E-state index contributed by atoms with van der Waals surface area (Å²) in [6.45, 7) is 0.524. The highest BCUT2D eigenvalue weighted by molar-refractivity contribution is 6.01. The molecule has 3 aliphatic rings. The van der Waals surface area contributed by atoms with Crippen molar-refractivity contribution in [3.8, 4) is 28.7 Å². The van der Waals surface area contributed by atoms with E-state index < -0.39 is 12.1 Å². The average molecular weight is 399 g/mol. The highest BCUT2D eigenvalue weighted by Crippen LogP contribution is 2.55. The van der Waals surface area contributed by atoms with E-state index in [0.717, 1.165) is 11.1 Å². The van der Waals surface area contributed by atoms with Crippen LogP contribution < -0.4 is 23.7 Å². The lowest BCUT2D eigenvalue weighted by molar-refractivity contribution is 0.0199. The molecule has 1 N–H and O–H groups in total. The first kappa shape index (κ1) is 17.9. The third kappa shape index (κ3) is 2.32. The molecule has 0 fully saturated rings. The number of carbonyl (C=O) groups is 1. The second-order valence-electron chi connectivity index (χ2n) is 7.12. The smallest absolute Gasteiger partial charge is 0.258 e. The van der Waals surface area contributed by atoms with Gasteiger partial charge in [-0.2, -0.15) is 0 Å². The lowest BCUT2D eigenvalue weighted by Crippen LogP contribution is -2.46. The average Bonchev–Trinajstić information content (AvgIpc) is 3.25. The molecule has 152 valence electrons. The van der Waals surface area contributed by atoms with E-state index in [2.05, 4.69) is 0 Å². The van der Waals surface area contributed by atoms with Gasteiger partial charge < -0.3 is 33.7 Å². The topological polar surface area (TPSA) is 86.7 Å². The molecule has 5 rings (SSSR count). The maximum absolute atomic E-state index is 13.5. The Morgan fingerprint density at radius 3 is 2.55 bits per heavy atom. The van der Waals surface area contributed by atoms with Crippen LogP contribution in [0.5, 0.6) is 28.7 Å². The summed E-state index contributed by atoms with van der Waals surface area (Å²) in [6, 6.07) is 4.73. The van der Waals surface area contributed by atoms with Crippen LogP contribution in [0.15, 0.2) is 18.2 Å². The van der Waals surface area contributed by atoms with Crippen molar-refractivity contribution in [2.24, 2.45) is 0 Å². The van der Waals surface area contributed by atoms with Gasteiger partial charge in [0.05, 0.1) is 32.9 Å². The Labute approximate surface area is 167 Å². The summed E-state index contributed by atoms with van der Waals surface area (Å²) in [5.41, 5.74) is 2.58. The third-order valence-corrected chi connectivity index (χ3v) is 5.88. The Balaban J connectivity index is 1.72. The molecule has 0 saturated carbocycles. The zero-order valence-corrected chi connectivity index (χ0v) is 16.4. The van der Waals surface area contributed by atoms with E-state index in [1.165, 1.54) is 14.2 Å². The molecule has 0 spiro atoms. The molecular weight excluding hydrogens is 378 g/mol. The molecule has 2 aromatic rings. The summed E-state index contributed by atoms with van der Waals surface area (Å²) in [4.78, 5) is 15.1. The van der Waals surface area contributed by atoms with Crippen LogP contribution in [0.3, 0.4) is 0 Å².